The van der Waals surface area contributed by atoms with Crippen molar-refractivity contribution in [2.24, 2.45) is 0 Å². The number of fused-ring (bicyclic) bond motifs is 1. The third-order valence-electron chi connectivity index (χ3n) is 4.76. The van der Waals surface area contributed by atoms with Crippen molar-refractivity contribution in [3.8, 4) is 0 Å². The predicted molar refractivity (Wildman–Crippen MR) is 106 cm³/mol. The highest BCUT2D eigenvalue weighted by molar-refractivity contribution is 5.85. The van der Waals surface area contributed by atoms with E-state index in [9.17, 15) is 9.59 Å². The molecule has 3 aromatic rings. The van der Waals surface area contributed by atoms with Gasteiger partial charge in [-0.2, -0.15) is 0 Å². The molecule has 0 amide bonds. The maximum absolute atomic E-state index is 12.7. The molecule has 0 aliphatic heterocycles. The van der Waals surface area contributed by atoms with Crippen LogP contribution in [0.1, 0.15) is 30.9 Å². The zero-order chi connectivity index (χ0) is 19.4. The predicted octanol–water partition coefficient (Wildman–Crippen LogP) is 3.94. The van der Waals surface area contributed by atoms with Crippen molar-refractivity contribution >= 4 is 22.6 Å². The number of hydrogen-bond acceptors (Lipinski definition) is 5. The highest BCUT2D eigenvalue weighted by Gasteiger charge is 2.27. The summed E-state index contributed by atoms with van der Waals surface area (Å²) in [5.41, 5.74) is 1.94. The molecule has 1 aromatic heterocycles. The molecule has 140 valence electrons. The van der Waals surface area contributed by atoms with Gasteiger partial charge in [0.1, 0.15) is 11.5 Å². The quantitative estimate of drug-likeness (QED) is 0.489. The van der Waals surface area contributed by atoms with E-state index in [1.807, 2.05) is 36.4 Å². The minimum atomic E-state index is -0.820. The SMILES string of the molecule is CCN(CC)c1ccc2cc(C(C(=O)OC)c3ccccc3)c(=O)oc2c1. The first kappa shape index (κ1) is 18.7. The summed E-state index contributed by atoms with van der Waals surface area (Å²) in [7, 11) is 1.32. The van der Waals surface area contributed by atoms with Gasteiger partial charge in [0.05, 0.1) is 12.7 Å². The van der Waals surface area contributed by atoms with Crippen molar-refractivity contribution in [2.75, 3.05) is 25.1 Å². The number of esters is 1. The molecular formula is C22H23NO4. The zero-order valence-corrected chi connectivity index (χ0v) is 15.8. The molecule has 0 saturated heterocycles. The lowest BCUT2D eigenvalue weighted by Crippen LogP contribution is -2.23. The second kappa shape index (κ2) is 8.08. The molecule has 5 heteroatoms. The Labute approximate surface area is 158 Å². The number of anilines is 1. The Balaban J connectivity index is 2.13. The highest BCUT2D eigenvalue weighted by atomic mass is 16.5. The highest BCUT2D eigenvalue weighted by Crippen LogP contribution is 2.28. The van der Waals surface area contributed by atoms with Crippen LogP contribution in [0.2, 0.25) is 0 Å². The lowest BCUT2D eigenvalue weighted by Gasteiger charge is -2.21. The van der Waals surface area contributed by atoms with Crippen LogP contribution in [0, 0.1) is 0 Å². The molecular weight excluding hydrogens is 342 g/mol. The fourth-order valence-corrected chi connectivity index (χ4v) is 3.31. The summed E-state index contributed by atoms with van der Waals surface area (Å²) in [5.74, 6) is -1.31. The lowest BCUT2D eigenvalue weighted by molar-refractivity contribution is -0.141. The minimum absolute atomic E-state index is 0.274. The Kier molecular flexibility index (Phi) is 5.60. The van der Waals surface area contributed by atoms with Gasteiger partial charge in [0.2, 0.25) is 0 Å². The van der Waals surface area contributed by atoms with Crippen molar-refractivity contribution < 1.29 is 13.9 Å². The summed E-state index contributed by atoms with van der Waals surface area (Å²) in [5, 5.41) is 0.769. The van der Waals surface area contributed by atoms with Gasteiger partial charge in [0.25, 0.3) is 0 Å². The van der Waals surface area contributed by atoms with Gasteiger partial charge in [-0.1, -0.05) is 30.3 Å². The first-order valence-electron chi connectivity index (χ1n) is 9.04. The number of nitrogens with zero attached hydrogens (tertiary/aromatic N) is 1. The normalized spacial score (nSPS) is 12.0. The maximum atomic E-state index is 12.7. The Hall–Kier alpha value is -3.08. The van der Waals surface area contributed by atoms with Crippen LogP contribution in [-0.2, 0) is 9.53 Å². The monoisotopic (exact) mass is 365 g/mol. The van der Waals surface area contributed by atoms with Crippen LogP contribution in [0.5, 0.6) is 0 Å². The molecule has 5 nitrogen and oxygen atoms in total. The van der Waals surface area contributed by atoms with Crippen molar-refractivity contribution in [1.82, 2.24) is 0 Å². The van der Waals surface area contributed by atoms with E-state index < -0.39 is 17.5 Å². The first-order chi connectivity index (χ1) is 13.1. The van der Waals surface area contributed by atoms with Crippen molar-refractivity contribution in [3.63, 3.8) is 0 Å². The molecule has 27 heavy (non-hydrogen) atoms. The largest absolute Gasteiger partial charge is 0.468 e. The van der Waals surface area contributed by atoms with E-state index >= 15 is 0 Å². The van der Waals surface area contributed by atoms with Crippen LogP contribution in [0.15, 0.2) is 63.8 Å². The van der Waals surface area contributed by atoms with Gasteiger partial charge in [-0.25, -0.2) is 4.79 Å². The number of ether oxygens (including phenoxy) is 1. The Morgan fingerprint density at radius 1 is 1.07 bits per heavy atom. The van der Waals surface area contributed by atoms with Gasteiger partial charge in [-0.3, -0.25) is 4.79 Å². The van der Waals surface area contributed by atoms with Crippen LogP contribution in [0.4, 0.5) is 5.69 Å². The molecule has 0 aliphatic rings. The topological polar surface area (TPSA) is 59.8 Å². The van der Waals surface area contributed by atoms with Gasteiger partial charge >= 0.3 is 11.6 Å². The minimum Gasteiger partial charge on any atom is -0.468 e. The summed E-state index contributed by atoms with van der Waals surface area (Å²) in [6.07, 6.45) is 0. The molecule has 1 atom stereocenters. The molecule has 3 rings (SSSR count). The van der Waals surface area contributed by atoms with Crippen LogP contribution < -0.4 is 10.5 Å². The van der Waals surface area contributed by atoms with E-state index in [0.29, 0.717) is 11.1 Å². The standard InChI is InChI=1S/C22H23NO4/c1-4-23(5-2)17-12-11-16-13-18(21(24)27-19(16)14-17)20(22(25)26-3)15-9-7-6-8-10-15/h6-14,20H,4-5H2,1-3H3. The molecule has 0 saturated carbocycles. The number of benzene rings is 2. The number of carbonyl (C=O) groups is 1. The van der Waals surface area contributed by atoms with Crippen LogP contribution in [0.25, 0.3) is 11.0 Å². The van der Waals surface area contributed by atoms with Crippen LogP contribution in [-0.4, -0.2) is 26.2 Å². The number of methoxy groups -OCH3 is 1. The van der Waals surface area contributed by atoms with E-state index in [1.54, 1.807) is 18.2 Å². The fourth-order valence-electron chi connectivity index (χ4n) is 3.31. The average molecular weight is 365 g/mol. The zero-order valence-electron chi connectivity index (χ0n) is 15.8. The fraction of sp³-hybridized carbons (Fsp3) is 0.273. The van der Waals surface area contributed by atoms with E-state index in [4.69, 9.17) is 9.15 Å². The van der Waals surface area contributed by atoms with Gasteiger partial charge < -0.3 is 14.1 Å². The van der Waals surface area contributed by atoms with Gasteiger partial charge in [0, 0.05) is 30.2 Å². The number of rotatable bonds is 6. The smallest absolute Gasteiger partial charge is 0.340 e. The number of carbonyl (C=O) groups excluding carboxylic acids is 1. The van der Waals surface area contributed by atoms with Crippen LogP contribution >= 0.6 is 0 Å². The van der Waals surface area contributed by atoms with Gasteiger partial charge in [-0.05, 0) is 37.6 Å². The molecule has 0 N–H and O–H groups in total. The lowest BCUT2D eigenvalue weighted by atomic mass is 9.92. The summed E-state index contributed by atoms with van der Waals surface area (Å²) >= 11 is 0. The summed E-state index contributed by atoms with van der Waals surface area (Å²) in [4.78, 5) is 27.3. The Bertz CT molecular complexity index is 990. The Morgan fingerprint density at radius 3 is 2.41 bits per heavy atom. The molecule has 0 fully saturated rings. The Morgan fingerprint density at radius 2 is 1.78 bits per heavy atom. The van der Waals surface area contributed by atoms with Gasteiger partial charge in [0.15, 0.2) is 0 Å². The molecule has 2 aromatic carbocycles. The molecule has 0 bridgehead atoms. The number of hydrogen-bond donors (Lipinski definition) is 0. The van der Waals surface area contributed by atoms with Crippen molar-refractivity contribution in [3.05, 3.63) is 76.1 Å². The van der Waals surface area contributed by atoms with E-state index in [0.717, 1.165) is 24.2 Å². The molecule has 1 heterocycles. The summed E-state index contributed by atoms with van der Waals surface area (Å²) in [6, 6.07) is 16.6. The molecule has 0 aliphatic carbocycles. The molecule has 0 spiro atoms. The molecule has 1 unspecified atom stereocenters. The van der Waals surface area contributed by atoms with E-state index in [-0.39, 0.29) is 5.56 Å². The van der Waals surface area contributed by atoms with Crippen molar-refractivity contribution in [1.29, 1.82) is 0 Å². The second-order valence-corrected chi connectivity index (χ2v) is 6.25. The first-order valence-corrected chi connectivity index (χ1v) is 9.04. The maximum Gasteiger partial charge on any atom is 0.340 e. The summed E-state index contributed by atoms with van der Waals surface area (Å²) < 4.78 is 10.5. The van der Waals surface area contributed by atoms with Gasteiger partial charge in [-0.15, -0.1) is 0 Å². The third kappa shape index (κ3) is 3.72. The third-order valence-corrected chi connectivity index (χ3v) is 4.76. The van der Waals surface area contributed by atoms with E-state index in [2.05, 4.69) is 18.7 Å². The van der Waals surface area contributed by atoms with Crippen LogP contribution in [0.3, 0.4) is 0 Å². The average Bonchev–Trinajstić information content (AvgIpc) is 2.70. The summed E-state index contributed by atoms with van der Waals surface area (Å²) in [6.45, 7) is 5.88. The van der Waals surface area contributed by atoms with Crippen molar-refractivity contribution in [2.45, 2.75) is 19.8 Å². The second-order valence-electron chi connectivity index (χ2n) is 6.25. The van der Waals surface area contributed by atoms with E-state index in [1.165, 1.54) is 7.11 Å². The molecule has 0 radical (unpaired) electrons.